The first-order chi connectivity index (χ1) is 7.72. The molecule has 1 atom stereocenters. The van der Waals surface area contributed by atoms with Crippen molar-refractivity contribution < 1.29 is 14.6 Å². The normalized spacial score (nSPS) is 12.9. The first-order valence-corrected chi connectivity index (χ1v) is 5.04. The average molecular weight is 221 g/mol. The third-order valence-electron chi connectivity index (χ3n) is 2.51. The quantitative estimate of drug-likeness (QED) is 0.830. The summed E-state index contributed by atoms with van der Waals surface area (Å²) in [4.78, 5) is 3.95. The maximum Gasteiger partial charge on any atom is 0.124 e. The first-order valence-electron chi connectivity index (χ1n) is 5.04. The fraction of sp³-hybridized carbons (Fsp3) is 0.250. The van der Waals surface area contributed by atoms with Crippen molar-refractivity contribution in [2.45, 2.75) is 12.5 Å². The van der Waals surface area contributed by atoms with Crippen LogP contribution >= 0.6 is 0 Å². The molecule has 0 saturated carbocycles. The van der Waals surface area contributed by atoms with Crippen LogP contribution in [0.5, 0.6) is 0 Å². The molecule has 1 heterocycles. The summed E-state index contributed by atoms with van der Waals surface area (Å²) in [7, 11) is 0. The molecule has 16 heavy (non-hydrogen) atoms. The van der Waals surface area contributed by atoms with Crippen LogP contribution in [0.25, 0.3) is 10.8 Å². The summed E-state index contributed by atoms with van der Waals surface area (Å²) in [5.74, 6) is -0.398. The molecule has 0 aliphatic rings. The number of rotatable bonds is 3. The SMILES string of the molecule is OCCC(O)c1cc(F)cc2ccncc12. The Balaban J connectivity index is 2.58. The van der Waals surface area contributed by atoms with E-state index in [1.54, 1.807) is 18.5 Å². The van der Waals surface area contributed by atoms with Crippen LogP contribution in [0.15, 0.2) is 30.6 Å². The van der Waals surface area contributed by atoms with Crippen LogP contribution < -0.4 is 0 Å². The second-order valence-corrected chi connectivity index (χ2v) is 3.62. The van der Waals surface area contributed by atoms with Crippen LogP contribution in [-0.2, 0) is 0 Å². The molecule has 0 bridgehead atoms. The fourth-order valence-electron chi connectivity index (χ4n) is 1.74. The van der Waals surface area contributed by atoms with E-state index in [1.807, 2.05) is 0 Å². The van der Waals surface area contributed by atoms with Crippen LogP contribution in [0.2, 0.25) is 0 Å². The van der Waals surface area contributed by atoms with E-state index in [4.69, 9.17) is 5.11 Å². The van der Waals surface area contributed by atoms with Gasteiger partial charge in [-0.2, -0.15) is 0 Å². The van der Waals surface area contributed by atoms with Crippen molar-refractivity contribution in [3.63, 3.8) is 0 Å². The summed E-state index contributed by atoms with van der Waals surface area (Å²) in [5, 5.41) is 20.0. The molecule has 1 aromatic carbocycles. The number of hydrogen-bond acceptors (Lipinski definition) is 3. The van der Waals surface area contributed by atoms with Crippen molar-refractivity contribution in [3.05, 3.63) is 42.0 Å². The van der Waals surface area contributed by atoms with Crippen molar-refractivity contribution in [2.24, 2.45) is 0 Å². The monoisotopic (exact) mass is 221 g/mol. The molecule has 2 aromatic rings. The van der Waals surface area contributed by atoms with Crippen LogP contribution in [-0.4, -0.2) is 21.8 Å². The van der Waals surface area contributed by atoms with Gasteiger partial charge < -0.3 is 10.2 Å². The Kier molecular flexibility index (Phi) is 3.12. The predicted molar refractivity (Wildman–Crippen MR) is 58.4 cm³/mol. The second kappa shape index (κ2) is 4.55. The molecule has 1 unspecified atom stereocenters. The van der Waals surface area contributed by atoms with Crippen LogP contribution in [0.3, 0.4) is 0 Å². The van der Waals surface area contributed by atoms with Gasteiger partial charge in [-0.05, 0) is 29.1 Å². The number of aliphatic hydroxyl groups excluding tert-OH is 2. The summed E-state index contributed by atoms with van der Waals surface area (Å²) in [6, 6.07) is 4.37. The zero-order valence-corrected chi connectivity index (χ0v) is 8.60. The largest absolute Gasteiger partial charge is 0.396 e. The highest BCUT2D eigenvalue weighted by Gasteiger charge is 2.12. The van der Waals surface area contributed by atoms with Crippen LogP contribution in [0, 0.1) is 5.82 Å². The molecule has 1 aromatic heterocycles. The molecule has 4 heteroatoms. The Morgan fingerprint density at radius 2 is 2.19 bits per heavy atom. The number of aliphatic hydroxyl groups is 2. The van der Waals surface area contributed by atoms with Gasteiger partial charge in [-0.3, -0.25) is 4.98 Å². The molecular formula is C12H12FNO2. The van der Waals surface area contributed by atoms with Crippen molar-refractivity contribution in [3.8, 4) is 0 Å². The molecule has 0 aliphatic heterocycles. The minimum atomic E-state index is -0.868. The van der Waals surface area contributed by atoms with Gasteiger partial charge in [-0.15, -0.1) is 0 Å². The van der Waals surface area contributed by atoms with E-state index in [2.05, 4.69) is 4.98 Å². The summed E-state index contributed by atoms with van der Waals surface area (Å²) >= 11 is 0. The number of pyridine rings is 1. The van der Waals surface area contributed by atoms with Gasteiger partial charge in [0.1, 0.15) is 5.82 Å². The molecule has 0 spiro atoms. The number of halogens is 1. The predicted octanol–water partition coefficient (Wildman–Crippen LogP) is 1.79. The molecule has 2 N–H and O–H groups in total. The lowest BCUT2D eigenvalue weighted by Gasteiger charge is -2.12. The molecule has 84 valence electrons. The molecule has 0 fully saturated rings. The third-order valence-corrected chi connectivity index (χ3v) is 2.51. The standard InChI is InChI=1S/C12H12FNO2/c13-9-5-8-1-3-14-7-11(8)10(6-9)12(16)2-4-15/h1,3,5-7,12,15-16H,2,4H2. The van der Waals surface area contributed by atoms with Gasteiger partial charge >= 0.3 is 0 Å². The molecular weight excluding hydrogens is 209 g/mol. The third kappa shape index (κ3) is 2.03. The lowest BCUT2D eigenvalue weighted by molar-refractivity contribution is 0.135. The number of aromatic nitrogens is 1. The molecule has 2 rings (SSSR count). The highest BCUT2D eigenvalue weighted by atomic mass is 19.1. The van der Waals surface area contributed by atoms with Crippen molar-refractivity contribution in [1.82, 2.24) is 4.98 Å². The van der Waals surface area contributed by atoms with E-state index >= 15 is 0 Å². The lowest BCUT2D eigenvalue weighted by atomic mass is 10.0. The molecule has 3 nitrogen and oxygen atoms in total. The van der Waals surface area contributed by atoms with Crippen molar-refractivity contribution in [1.29, 1.82) is 0 Å². The van der Waals surface area contributed by atoms with Crippen molar-refractivity contribution in [2.75, 3.05) is 6.61 Å². The highest BCUT2D eigenvalue weighted by molar-refractivity contribution is 5.85. The van der Waals surface area contributed by atoms with E-state index in [0.717, 1.165) is 0 Å². The number of benzene rings is 1. The van der Waals surface area contributed by atoms with Gasteiger partial charge in [0.2, 0.25) is 0 Å². The minimum absolute atomic E-state index is 0.139. The first kappa shape index (κ1) is 11.0. The van der Waals surface area contributed by atoms with E-state index in [0.29, 0.717) is 16.3 Å². The number of nitrogens with zero attached hydrogens (tertiary/aromatic N) is 1. The average Bonchev–Trinajstić information content (AvgIpc) is 2.28. The fourth-order valence-corrected chi connectivity index (χ4v) is 1.74. The molecule has 0 saturated heterocycles. The van der Waals surface area contributed by atoms with Gasteiger partial charge in [0.15, 0.2) is 0 Å². The zero-order chi connectivity index (χ0) is 11.5. The van der Waals surface area contributed by atoms with Crippen LogP contribution in [0.4, 0.5) is 4.39 Å². The molecule has 0 radical (unpaired) electrons. The number of fused-ring (bicyclic) bond motifs is 1. The Morgan fingerprint density at radius 3 is 2.94 bits per heavy atom. The smallest absolute Gasteiger partial charge is 0.124 e. The van der Waals surface area contributed by atoms with Gasteiger partial charge in [-0.25, -0.2) is 4.39 Å². The van der Waals surface area contributed by atoms with E-state index in [-0.39, 0.29) is 13.0 Å². The van der Waals surface area contributed by atoms with E-state index < -0.39 is 11.9 Å². The summed E-state index contributed by atoms with van der Waals surface area (Å²) in [6.07, 6.45) is 2.48. The summed E-state index contributed by atoms with van der Waals surface area (Å²) in [6.45, 7) is -0.139. The number of hydrogen-bond donors (Lipinski definition) is 2. The Labute approximate surface area is 92.2 Å². The second-order valence-electron chi connectivity index (χ2n) is 3.62. The Morgan fingerprint density at radius 1 is 1.38 bits per heavy atom. The zero-order valence-electron chi connectivity index (χ0n) is 8.60. The maximum atomic E-state index is 13.3. The Hall–Kier alpha value is -1.52. The van der Waals surface area contributed by atoms with E-state index in [1.165, 1.54) is 12.1 Å². The van der Waals surface area contributed by atoms with Gasteiger partial charge in [0, 0.05) is 30.8 Å². The van der Waals surface area contributed by atoms with E-state index in [9.17, 15) is 9.50 Å². The van der Waals surface area contributed by atoms with Gasteiger partial charge in [0.25, 0.3) is 0 Å². The summed E-state index contributed by atoms with van der Waals surface area (Å²) < 4.78 is 13.3. The minimum Gasteiger partial charge on any atom is -0.396 e. The lowest BCUT2D eigenvalue weighted by Crippen LogP contribution is -2.02. The van der Waals surface area contributed by atoms with Crippen LogP contribution in [0.1, 0.15) is 18.1 Å². The summed E-state index contributed by atoms with van der Waals surface area (Å²) in [5.41, 5.74) is 0.470. The molecule has 0 amide bonds. The van der Waals surface area contributed by atoms with Crippen molar-refractivity contribution >= 4 is 10.8 Å². The Bertz CT molecular complexity index is 501. The van der Waals surface area contributed by atoms with Gasteiger partial charge in [0.05, 0.1) is 6.10 Å². The topological polar surface area (TPSA) is 53.4 Å². The maximum absolute atomic E-state index is 13.3. The molecule has 0 aliphatic carbocycles. The van der Waals surface area contributed by atoms with Gasteiger partial charge in [-0.1, -0.05) is 0 Å². The highest BCUT2D eigenvalue weighted by Crippen LogP contribution is 2.26.